The van der Waals surface area contributed by atoms with Crippen LogP contribution >= 0.6 is 0 Å². The van der Waals surface area contributed by atoms with Crippen molar-refractivity contribution in [1.29, 1.82) is 0 Å². The molecule has 124 valence electrons. The summed E-state index contributed by atoms with van der Waals surface area (Å²) in [7, 11) is 0. The van der Waals surface area contributed by atoms with Crippen LogP contribution in [0.3, 0.4) is 0 Å². The molecule has 4 rings (SSSR count). The summed E-state index contributed by atoms with van der Waals surface area (Å²) in [6.45, 7) is 1.70. The summed E-state index contributed by atoms with van der Waals surface area (Å²) in [5, 5.41) is 2.71. The summed E-state index contributed by atoms with van der Waals surface area (Å²) in [5.41, 5.74) is 0.577. The Morgan fingerprint density at radius 3 is 2.68 bits per heavy atom. The van der Waals surface area contributed by atoms with Gasteiger partial charge in [0.05, 0.1) is 0 Å². The summed E-state index contributed by atoms with van der Waals surface area (Å²) in [4.78, 5) is 23.9. The molecule has 0 bridgehead atoms. The van der Waals surface area contributed by atoms with Crippen LogP contribution in [-0.4, -0.2) is 5.97 Å². The van der Waals surface area contributed by atoms with E-state index < -0.39 is 11.6 Å². The van der Waals surface area contributed by atoms with Gasteiger partial charge in [-0.05, 0) is 35.9 Å². The number of carbonyl (C=O) groups excluding carboxylic acids is 1. The molecule has 0 spiro atoms. The highest BCUT2D eigenvalue weighted by molar-refractivity contribution is 6.07. The van der Waals surface area contributed by atoms with Crippen LogP contribution in [0.15, 0.2) is 68.2 Å². The number of hydrogen-bond acceptors (Lipinski definition) is 5. The van der Waals surface area contributed by atoms with E-state index in [4.69, 9.17) is 13.6 Å². The van der Waals surface area contributed by atoms with E-state index in [0.717, 1.165) is 16.2 Å². The maximum atomic E-state index is 12.1. The van der Waals surface area contributed by atoms with Crippen LogP contribution in [0.4, 0.5) is 0 Å². The van der Waals surface area contributed by atoms with Gasteiger partial charge in [-0.15, -0.1) is 0 Å². The number of rotatable bonds is 3. The monoisotopic (exact) mass is 334 g/mol. The van der Waals surface area contributed by atoms with Gasteiger partial charge in [0.25, 0.3) is 0 Å². The highest BCUT2D eigenvalue weighted by Gasteiger charge is 2.15. The summed E-state index contributed by atoms with van der Waals surface area (Å²) in [5.74, 6) is 0.188. The Bertz CT molecular complexity index is 1150. The minimum Gasteiger partial charge on any atom is -0.455 e. The molecular formula is C20H14O5. The molecule has 5 heteroatoms. The van der Waals surface area contributed by atoms with Gasteiger partial charge in [-0.25, -0.2) is 9.59 Å². The fourth-order valence-electron chi connectivity index (χ4n) is 2.89. The third-order valence-corrected chi connectivity index (χ3v) is 4.01. The van der Waals surface area contributed by atoms with Gasteiger partial charge in [-0.1, -0.05) is 30.3 Å². The van der Waals surface area contributed by atoms with Crippen molar-refractivity contribution in [2.75, 3.05) is 0 Å². The number of carbonyl (C=O) groups is 1. The predicted octanol–water partition coefficient (Wildman–Crippen LogP) is 4.20. The Hall–Kier alpha value is -3.34. The molecule has 0 saturated heterocycles. The van der Waals surface area contributed by atoms with Crippen molar-refractivity contribution in [3.05, 3.63) is 82.1 Å². The third kappa shape index (κ3) is 2.80. The van der Waals surface area contributed by atoms with Crippen molar-refractivity contribution in [2.24, 2.45) is 0 Å². The van der Waals surface area contributed by atoms with E-state index in [1.165, 1.54) is 6.07 Å². The molecule has 0 N–H and O–H groups in total. The largest absolute Gasteiger partial charge is 0.455 e. The van der Waals surface area contributed by atoms with E-state index >= 15 is 0 Å². The molecule has 0 radical (unpaired) electrons. The Balaban J connectivity index is 1.77. The predicted molar refractivity (Wildman–Crippen MR) is 92.6 cm³/mol. The zero-order chi connectivity index (χ0) is 17.4. The first-order valence-electron chi connectivity index (χ1n) is 7.80. The zero-order valence-electron chi connectivity index (χ0n) is 13.4. The van der Waals surface area contributed by atoms with E-state index in [-0.39, 0.29) is 12.4 Å². The van der Waals surface area contributed by atoms with E-state index in [1.807, 2.05) is 30.3 Å². The van der Waals surface area contributed by atoms with Crippen LogP contribution in [0, 0.1) is 6.92 Å². The van der Waals surface area contributed by atoms with Crippen LogP contribution in [0.2, 0.25) is 0 Å². The molecule has 5 nitrogen and oxygen atoms in total. The number of aryl methyl sites for hydroxylation is 1. The third-order valence-electron chi connectivity index (χ3n) is 4.01. The van der Waals surface area contributed by atoms with E-state index in [2.05, 4.69) is 0 Å². The topological polar surface area (TPSA) is 69.7 Å². The fourth-order valence-corrected chi connectivity index (χ4v) is 2.89. The van der Waals surface area contributed by atoms with Crippen molar-refractivity contribution in [3.63, 3.8) is 0 Å². The molecule has 0 aliphatic rings. The number of fused-ring (bicyclic) bond motifs is 3. The lowest BCUT2D eigenvalue weighted by atomic mass is 10.0. The normalized spacial score (nSPS) is 11.1. The molecular weight excluding hydrogens is 320 g/mol. The Labute approximate surface area is 142 Å². The lowest BCUT2D eigenvalue weighted by Crippen LogP contribution is -2.07. The van der Waals surface area contributed by atoms with Crippen LogP contribution in [0.25, 0.3) is 21.7 Å². The van der Waals surface area contributed by atoms with Crippen LogP contribution in [0.5, 0.6) is 0 Å². The number of furan rings is 1. The first-order valence-corrected chi connectivity index (χ1v) is 7.80. The lowest BCUT2D eigenvalue weighted by molar-refractivity contribution is 0.0436. The molecule has 0 atom stereocenters. The maximum Gasteiger partial charge on any atom is 0.374 e. The number of hydrogen-bond donors (Lipinski definition) is 0. The second-order valence-corrected chi connectivity index (χ2v) is 5.74. The maximum absolute atomic E-state index is 12.1. The molecule has 0 unspecified atom stereocenters. The van der Waals surface area contributed by atoms with Gasteiger partial charge in [0.2, 0.25) is 5.76 Å². The van der Waals surface area contributed by atoms with E-state index in [9.17, 15) is 9.59 Å². The van der Waals surface area contributed by atoms with Crippen molar-refractivity contribution in [1.82, 2.24) is 0 Å². The van der Waals surface area contributed by atoms with Gasteiger partial charge in [-0.2, -0.15) is 0 Å². The highest BCUT2D eigenvalue weighted by Crippen LogP contribution is 2.27. The Morgan fingerprint density at radius 1 is 1.04 bits per heavy atom. The molecule has 2 heterocycles. The molecule has 0 saturated carbocycles. The molecule has 25 heavy (non-hydrogen) atoms. The van der Waals surface area contributed by atoms with Crippen molar-refractivity contribution < 1.29 is 18.4 Å². The summed E-state index contributed by atoms with van der Waals surface area (Å²) >= 11 is 0. The summed E-state index contributed by atoms with van der Waals surface area (Å²) in [6.07, 6.45) is 0. The minimum absolute atomic E-state index is 0.0469. The molecule has 0 amide bonds. The second-order valence-electron chi connectivity index (χ2n) is 5.74. The average molecular weight is 334 g/mol. The average Bonchev–Trinajstić information content (AvgIpc) is 3.05. The minimum atomic E-state index is -0.574. The standard InChI is InChI=1S/C20H14O5/c1-12-6-8-17(24-12)20(22)23-11-14-10-18(21)25-16-9-7-13-4-2-3-5-15(13)19(14)16/h2-10H,11H2,1H3. The van der Waals surface area contributed by atoms with Gasteiger partial charge in [0.1, 0.15) is 18.0 Å². The van der Waals surface area contributed by atoms with Crippen LogP contribution in [-0.2, 0) is 11.3 Å². The molecule has 2 aromatic heterocycles. The van der Waals surface area contributed by atoms with E-state index in [0.29, 0.717) is 16.9 Å². The SMILES string of the molecule is Cc1ccc(C(=O)OCc2cc(=O)oc3ccc4ccccc4c23)o1. The molecule has 2 aromatic carbocycles. The van der Waals surface area contributed by atoms with Crippen molar-refractivity contribution >= 4 is 27.7 Å². The van der Waals surface area contributed by atoms with Gasteiger partial charge >= 0.3 is 11.6 Å². The van der Waals surface area contributed by atoms with Crippen LogP contribution in [0.1, 0.15) is 21.9 Å². The van der Waals surface area contributed by atoms with Crippen molar-refractivity contribution in [3.8, 4) is 0 Å². The van der Waals surface area contributed by atoms with Crippen molar-refractivity contribution in [2.45, 2.75) is 13.5 Å². The summed E-state index contributed by atoms with van der Waals surface area (Å²) in [6, 6.07) is 16.0. The van der Waals surface area contributed by atoms with Gasteiger partial charge in [0, 0.05) is 17.0 Å². The highest BCUT2D eigenvalue weighted by atomic mass is 16.5. The Morgan fingerprint density at radius 2 is 1.88 bits per heavy atom. The second kappa shape index (κ2) is 5.94. The van der Waals surface area contributed by atoms with Gasteiger partial charge < -0.3 is 13.6 Å². The summed E-state index contributed by atoms with van der Waals surface area (Å²) < 4.78 is 15.9. The molecule has 0 fully saturated rings. The Kier molecular flexibility index (Phi) is 3.61. The van der Waals surface area contributed by atoms with Crippen LogP contribution < -0.4 is 5.63 Å². The first kappa shape index (κ1) is 15.2. The number of benzene rings is 2. The van der Waals surface area contributed by atoms with Gasteiger partial charge in [-0.3, -0.25) is 0 Å². The quantitative estimate of drug-likeness (QED) is 0.319. The fraction of sp³-hybridized carbons (Fsp3) is 0.100. The van der Waals surface area contributed by atoms with Gasteiger partial charge in [0.15, 0.2) is 0 Å². The van der Waals surface area contributed by atoms with E-state index in [1.54, 1.807) is 25.1 Å². The number of esters is 1. The molecule has 4 aromatic rings. The molecule has 0 aliphatic heterocycles. The lowest BCUT2D eigenvalue weighted by Gasteiger charge is -2.09. The zero-order valence-corrected chi connectivity index (χ0v) is 13.4. The molecule has 0 aliphatic carbocycles. The smallest absolute Gasteiger partial charge is 0.374 e. The number of ether oxygens (including phenoxy) is 1. The first-order chi connectivity index (χ1) is 12.1.